The first-order valence-corrected chi connectivity index (χ1v) is 25.4. The predicted octanol–water partition coefficient (Wildman–Crippen LogP) is 16.8. The van der Waals surface area contributed by atoms with Crippen LogP contribution in [0.5, 0.6) is 0 Å². The van der Waals surface area contributed by atoms with Crippen LogP contribution in [0.1, 0.15) is 213 Å². The predicted molar refractivity (Wildman–Crippen MR) is 270 cm³/mol. The van der Waals surface area contributed by atoms with E-state index in [2.05, 4.69) is 118 Å². The van der Waals surface area contributed by atoms with Gasteiger partial charge in [-0.15, -0.1) is 0 Å². The summed E-state index contributed by atoms with van der Waals surface area (Å²) in [6.07, 6.45) is 68.1. The summed E-state index contributed by atoms with van der Waals surface area (Å²) in [6, 6.07) is 0. The molecule has 356 valence electrons. The molecule has 1 unspecified atom stereocenters. The lowest BCUT2D eigenvalue weighted by atomic mass is 10.1. The molecule has 0 amide bonds. The fraction of sp³-hybridized carbons (Fsp3) is 0.632. The van der Waals surface area contributed by atoms with Crippen molar-refractivity contribution in [3.8, 4) is 0 Å². The maximum absolute atomic E-state index is 12.7. The van der Waals surface area contributed by atoms with E-state index in [0.717, 1.165) is 77.0 Å². The third kappa shape index (κ3) is 49.0. The largest absolute Gasteiger partial charge is 0.462 e. The van der Waals surface area contributed by atoms with Gasteiger partial charge in [-0.05, 0) is 89.9 Å². The van der Waals surface area contributed by atoms with E-state index < -0.39 is 6.10 Å². The number of unbranched alkanes of at least 4 members (excludes halogenated alkanes) is 15. The van der Waals surface area contributed by atoms with Crippen LogP contribution < -0.4 is 0 Å². The van der Waals surface area contributed by atoms with Crippen molar-refractivity contribution in [1.29, 1.82) is 0 Å². The minimum atomic E-state index is -0.833. The highest BCUT2D eigenvalue weighted by molar-refractivity contribution is 5.71. The Balaban J connectivity index is 4.55. The minimum Gasteiger partial charge on any atom is -0.462 e. The molecule has 0 saturated heterocycles. The molecule has 0 aliphatic carbocycles. The summed E-state index contributed by atoms with van der Waals surface area (Å²) in [4.78, 5) is 37.8. The van der Waals surface area contributed by atoms with Crippen LogP contribution in [0, 0.1) is 0 Å². The molecule has 0 aliphatic rings. The van der Waals surface area contributed by atoms with Crippen molar-refractivity contribution in [3.05, 3.63) is 109 Å². The van der Waals surface area contributed by atoms with Crippen molar-refractivity contribution >= 4 is 17.9 Å². The van der Waals surface area contributed by atoms with Crippen molar-refractivity contribution in [3.63, 3.8) is 0 Å². The average molecular weight is 873 g/mol. The van der Waals surface area contributed by atoms with Crippen LogP contribution in [0.25, 0.3) is 0 Å². The monoisotopic (exact) mass is 873 g/mol. The normalized spacial score (nSPS) is 13.0. The van der Waals surface area contributed by atoms with Gasteiger partial charge < -0.3 is 14.2 Å². The van der Waals surface area contributed by atoms with Gasteiger partial charge in [0, 0.05) is 19.3 Å². The molecule has 0 saturated carbocycles. The summed E-state index contributed by atoms with van der Waals surface area (Å²) in [7, 11) is 0. The first-order valence-electron chi connectivity index (χ1n) is 25.4. The first-order chi connectivity index (χ1) is 31.0. The van der Waals surface area contributed by atoms with E-state index in [0.29, 0.717) is 19.3 Å². The Kier molecular flexibility index (Phi) is 47.5. The molecule has 6 heteroatoms. The smallest absolute Gasteiger partial charge is 0.306 e. The number of hydrogen-bond donors (Lipinski definition) is 0. The fourth-order valence-electron chi connectivity index (χ4n) is 6.48. The molecule has 0 aromatic rings. The molecule has 0 aromatic carbocycles. The van der Waals surface area contributed by atoms with Gasteiger partial charge in [-0.1, -0.05) is 214 Å². The zero-order valence-electron chi connectivity index (χ0n) is 40.5. The second-order valence-corrected chi connectivity index (χ2v) is 16.3. The number of carbonyl (C=O) groups excluding carboxylic acids is 3. The Morgan fingerprint density at radius 1 is 0.333 bits per heavy atom. The molecule has 6 nitrogen and oxygen atoms in total. The van der Waals surface area contributed by atoms with Gasteiger partial charge in [-0.2, -0.15) is 0 Å². The zero-order valence-corrected chi connectivity index (χ0v) is 40.5. The molecule has 0 aromatic heterocycles. The van der Waals surface area contributed by atoms with Crippen LogP contribution in [0.15, 0.2) is 109 Å². The number of ether oxygens (including phenoxy) is 3. The van der Waals surface area contributed by atoms with Gasteiger partial charge in [0.15, 0.2) is 6.10 Å². The Morgan fingerprint density at radius 3 is 1.11 bits per heavy atom. The highest BCUT2D eigenvalue weighted by Gasteiger charge is 2.19. The van der Waals surface area contributed by atoms with Crippen molar-refractivity contribution in [2.75, 3.05) is 13.2 Å². The summed E-state index contributed by atoms with van der Waals surface area (Å²) in [5.41, 5.74) is 0. The van der Waals surface area contributed by atoms with Crippen LogP contribution in [-0.2, 0) is 28.6 Å². The molecule has 0 fully saturated rings. The molecule has 0 bridgehead atoms. The van der Waals surface area contributed by atoms with E-state index in [-0.39, 0.29) is 44.0 Å². The topological polar surface area (TPSA) is 78.9 Å². The Hall–Kier alpha value is -3.93. The molecule has 0 N–H and O–H groups in total. The lowest BCUT2D eigenvalue weighted by Crippen LogP contribution is -2.30. The highest BCUT2D eigenvalue weighted by Crippen LogP contribution is 2.12. The number of esters is 3. The summed E-state index contributed by atoms with van der Waals surface area (Å²) < 4.78 is 16.6. The lowest BCUT2D eigenvalue weighted by molar-refractivity contribution is -0.166. The summed E-state index contributed by atoms with van der Waals surface area (Å²) in [5, 5.41) is 0. The second kappa shape index (κ2) is 50.7. The lowest BCUT2D eigenvalue weighted by Gasteiger charge is -2.18. The van der Waals surface area contributed by atoms with Gasteiger partial charge in [-0.25, -0.2) is 0 Å². The number of allylic oxidation sites excluding steroid dienone is 18. The van der Waals surface area contributed by atoms with Crippen molar-refractivity contribution in [1.82, 2.24) is 0 Å². The van der Waals surface area contributed by atoms with Crippen molar-refractivity contribution in [2.45, 2.75) is 219 Å². The Labute approximate surface area is 387 Å². The van der Waals surface area contributed by atoms with Gasteiger partial charge >= 0.3 is 17.9 Å². The maximum atomic E-state index is 12.7. The molecular formula is C57H92O6. The summed E-state index contributed by atoms with van der Waals surface area (Å²) in [6.45, 7) is 6.37. The zero-order chi connectivity index (χ0) is 45.8. The van der Waals surface area contributed by atoms with E-state index in [1.54, 1.807) is 0 Å². The average Bonchev–Trinajstić information content (AvgIpc) is 3.28. The molecule has 0 spiro atoms. The summed E-state index contributed by atoms with van der Waals surface area (Å²) >= 11 is 0. The second-order valence-electron chi connectivity index (χ2n) is 16.3. The molecular weight excluding hydrogens is 781 g/mol. The van der Waals surface area contributed by atoms with E-state index in [1.807, 2.05) is 12.2 Å². The third-order valence-electron chi connectivity index (χ3n) is 10.3. The van der Waals surface area contributed by atoms with E-state index >= 15 is 0 Å². The van der Waals surface area contributed by atoms with Gasteiger partial charge in [-0.3, -0.25) is 14.4 Å². The van der Waals surface area contributed by atoms with Gasteiger partial charge in [0.05, 0.1) is 0 Å². The molecule has 63 heavy (non-hydrogen) atoms. The van der Waals surface area contributed by atoms with Gasteiger partial charge in [0.25, 0.3) is 0 Å². The van der Waals surface area contributed by atoms with Gasteiger partial charge in [0.1, 0.15) is 13.2 Å². The maximum Gasteiger partial charge on any atom is 0.306 e. The quantitative estimate of drug-likeness (QED) is 0.0263. The van der Waals surface area contributed by atoms with Crippen molar-refractivity contribution in [2.24, 2.45) is 0 Å². The van der Waals surface area contributed by atoms with Crippen LogP contribution >= 0.6 is 0 Å². The molecule has 0 rings (SSSR count). The van der Waals surface area contributed by atoms with Crippen LogP contribution in [0.3, 0.4) is 0 Å². The fourth-order valence-corrected chi connectivity index (χ4v) is 6.48. The van der Waals surface area contributed by atoms with Crippen LogP contribution in [0.4, 0.5) is 0 Å². The SMILES string of the molecule is CC/C=C\C/C=C\C/C=C\C/C=C\C/C=C\C/C=C\CCC(=O)OCC(COC(=O)CCCCCCCCCCC)OC(=O)CCC/C=C\C/C=C\C/C=C\CCCCCCCC. The van der Waals surface area contributed by atoms with Crippen molar-refractivity contribution < 1.29 is 28.6 Å². The van der Waals surface area contributed by atoms with E-state index in [1.165, 1.54) is 83.5 Å². The highest BCUT2D eigenvalue weighted by atomic mass is 16.6. The third-order valence-corrected chi connectivity index (χ3v) is 10.3. The van der Waals surface area contributed by atoms with E-state index in [4.69, 9.17) is 14.2 Å². The number of rotatable bonds is 44. The molecule has 1 atom stereocenters. The van der Waals surface area contributed by atoms with E-state index in [9.17, 15) is 14.4 Å². The molecule has 0 aliphatic heterocycles. The summed E-state index contributed by atoms with van der Waals surface area (Å²) in [5.74, 6) is -1.07. The number of hydrogen-bond acceptors (Lipinski definition) is 6. The Morgan fingerprint density at radius 2 is 0.667 bits per heavy atom. The molecule has 0 heterocycles. The number of carbonyl (C=O) groups is 3. The van der Waals surface area contributed by atoms with Gasteiger partial charge in [0.2, 0.25) is 0 Å². The van der Waals surface area contributed by atoms with Crippen LogP contribution in [-0.4, -0.2) is 37.2 Å². The minimum absolute atomic E-state index is 0.122. The standard InChI is InChI=1S/C57H92O6/c1-4-7-10-13-16-19-21-23-25-27-28-30-31-33-35-38-41-44-47-50-56(59)62-53-54(52-61-55(58)49-46-43-40-37-18-15-12-9-6-3)63-57(60)51-48-45-42-39-36-34-32-29-26-24-22-20-17-14-11-8-5-2/h7,10,16,19,23-26,28,30,32-35,39,41-42,44,54H,4-6,8-9,11-15,17-18,20-22,27,29,31,36-38,40,43,45-53H2,1-3H3/b10-7-,19-16-,25-23-,26-24-,30-28-,34-32-,35-33-,42-39-,44-41-. The van der Waals surface area contributed by atoms with Crippen LogP contribution in [0.2, 0.25) is 0 Å². The molecule has 0 radical (unpaired) electrons. The Bertz CT molecular complexity index is 1330. The first kappa shape index (κ1) is 59.1.